The summed E-state index contributed by atoms with van der Waals surface area (Å²) < 4.78 is 32.8. The SMILES string of the molecule is COCc1ccccc1S(=O)(=O)N1C[C@@H](N)[C@H](c2ccccc2)C1.Cl. The molecule has 0 spiro atoms. The van der Waals surface area contributed by atoms with E-state index in [2.05, 4.69) is 0 Å². The van der Waals surface area contributed by atoms with Gasteiger partial charge in [-0.2, -0.15) is 4.31 Å². The van der Waals surface area contributed by atoms with E-state index in [1.54, 1.807) is 25.3 Å². The van der Waals surface area contributed by atoms with Gasteiger partial charge in [-0.3, -0.25) is 0 Å². The molecule has 0 unspecified atom stereocenters. The molecule has 2 N–H and O–H groups in total. The summed E-state index contributed by atoms with van der Waals surface area (Å²) in [5.41, 5.74) is 7.98. The van der Waals surface area contributed by atoms with Crippen molar-refractivity contribution in [1.29, 1.82) is 0 Å². The summed E-state index contributed by atoms with van der Waals surface area (Å²) in [7, 11) is -2.04. The molecule has 25 heavy (non-hydrogen) atoms. The average molecular weight is 383 g/mol. The van der Waals surface area contributed by atoms with Crippen LogP contribution in [0.1, 0.15) is 17.0 Å². The van der Waals surface area contributed by atoms with Crippen LogP contribution in [-0.4, -0.2) is 39.0 Å². The molecule has 1 fully saturated rings. The van der Waals surface area contributed by atoms with Crippen molar-refractivity contribution in [3.05, 3.63) is 65.7 Å². The van der Waals surface area contributed by atoms with E-state index in [0.29, 0.717) is 23.5 Å². The molecule has 0 amide bonds. The van der Waals surface area contributed by atoms with Crippen LogP contribution in [0.4, 0.5) is 0 Å². The Morgan fingerprint density at radius 2 is 1.72 bits per heavy atom. The highest BCUT2D eigenvalue weighted by molar-refractivity contribution is 7.89. The molecule has 7 heteroatoms. The smallest absolute Gasteiger partial charge is 0.243 e. The van der Waals surface area contributed by atoms with Crippen molar-refractivity contribution in [1.82, 2.24) is 4.31 Å². The lowest BCUT2D eigenvalue weighted by molar-refractivity contribution is 0.182. The zero-order valence-corrected chi connectivity index (χ0v) is 15.7. The van der Waals surface area contributed by atoms with Crippen molar-refractivity contribution in [2.24, 2.45) is 5.73 Å². The van der Waals surface area contributed by atoms with E-state index in [9.17, 15) is 8.42 Å². The van der Waals surface area contributed by atoms with Crippen LogP contribution in [0.5, 0.6) is 0 Å². The van der Waals surface area contributed by atoms with E-state index in [4.69, 9.17) is 10.5 Å². The summed E-state index contributed by atoms with van der Waals surface area (Å²) in [5, 5.41) is 0. The molecule has 1 aliphatic rings. The van der Waals surface area contributed by atoms with E-state index in [1.807, 2.05) is 36.4 Å². The molecule has 0 aliphatic carbocycles. The predicted molar refractivity (Wildman–Crippen MR) is 100 cm³/mol. The molecule has 1 aliphatic heterocycles. The normalized spacial score (nSPS) is 21.0. The Labute approximate surface area is 155 Å². The first-order valence-corrected chi connectivity index (χ1v) is 9.35. The van der Waals surface area contributed by atoms with Crippen LogP contribution in [0.3, 0.4) is 0 Å². The van der Waals surface area contributed by atoms with Crippen LogP contribution in [0.15, 0.2) is 59.5 Å². The van der Waals surface area contributed by atoms with Gasteiger partial charge < -0.3 is 10.5 Å². The monoisotopic (exact) mass is 382 g/mol. The van der Waals surface area contributed by atoms with Crippen molar-refractivity contribution in [2.75, 3.05) is 20.2 Å². The van der Waals surface area contributed by atoms with Gasteiger partial charge in [-0.1, -0.05) is 48.5 Å². The van der Waals surface area contributed by atoms with Gasteiger partial charge in [0.1, 0.15) is 0 Å². The highest BCUT2D eigenvalue weighted by Gasteiger charge is 2.38. The maximum Gasteiger partial charge on any atom is 0.243 e. The molecule has 0 saturated carbocycles. The molecule has 136 valence electrons. The number of hydrogen-bond acceptors (Lipinski definition) is 4. The number of ether oxygens (including phenoxy) is 1. The van der Waals surface area contributed by atoms with Gasteiger partial charge >= 0.3 is 0 Å². The summed E-state index contributed by atoms with van der Waals surface area (Å²) in [5.74, 6) is 0.00978. The van der Waals surface area contributed by atoms with Crippen molar-refractivity contribution in [2.45, 2.75) is 23.5 Å². The Hall–Kier alpha value is -1.44. The van der Waals surface area contributed by atoms with E-state index in [0.717, 1.165) is 5.56 Å². The average Bonchev–Trinajstić information content (AvgIpc) is 2.99. The summed E-state index contributed by atoms with van der Waals surface area (Å²) in [6.07, 6.45) is 0. The van der Waals surface area contributed by atoms with Crippen LogP contribution in [-0.2, 0) is 21.4 Å². The molecule has 1 saturated heterocycles. The second kappa shape index (κ2) is 8.29. The van der Waals surface area contributed by atoms with Gasteiger partial charge in [-0.25, -0.2) is 8.42 Å². The third-order valence-corrected chi connectivity index (χ3v) is 6.38. The highest BCUT2D eigenvalue weighted by atomic mass is 35.5. The number of rotatable bonds is 5. The lowest BCUT2D eigenvalue weighted by Gasteiger charge is -2.18. The molecular weight excluding hydrogens is 360 g/mol. The predicted octanol–water partition coefficient (Wildman–Crippen LogP) is 2.37. The fourth-order valence-electron chi connectivity index (χ4n) is 3.21. The molecule has 0 bridgehead atoms. The number of hydrogen-bond donors (Lipinski definition) is 1. The van der Waals surface area contributed by atoms with Gasteiger partial charge in [-0.15, -0.1) is 12.4 Å². The van der Waals surface area contributed by atoms with Crippen LogP contribution in [0.25, 0.3) is 0 Å². The molecule has 2 atom stereocenters. The fourth-order valence-corrected chi connectivity index (χ4v) is 4.92. The van der Waals surface area contributed by atoms with Gasteiger partial charge in [0.2, 0.25) is 10.0 Å². The van der Waals surface area contributed by atoms with Gasteiger partial charge in [0, 0.05) is 32.2 Å². The Bertz CT molecular complexity index is 799. The van der Waals surface area contributed by atoms with Crippen molar-refractivity contribution >= 4 is 22.4 Å². The maximum absolute atomic E-state index is 13.1. The molecule has 0 aromatic heterocycles. The lowest BCUT2D eigenvalue weighted by Crippen LogP contribution is -2.32. The van der Waals surface area contributed by atoms with E-state index >= 15 is 0 Å². The van der Waals surface area contributed by atoms with Crippen molar-refractivity contribution in [3.63, 3.8) is 0 Å². The minimum Gasteiger partial charge on any atom is -0.380 e. The number of nitrogens with two attached hydrogens (primary N) is 1. The van der Waals surface area contributed by atoms with Crippen LogP contribution < -0.4 is 5.73 Å². The first-order valence-electron chi connectivity index (χ1n) is 7.91. The molecule has 2 aromatic carbocycles. The third kappa shape index (κ3) is 4.04. The Morgan fingerprint density at radius 1 is 1.08 bits per heavy atom. The van der Waals surface area contributed by atoms with Gasteiger partial charge in [0.15, 0.2) is 0 Å². The zero-order chi connectivity index (χ0) is 17.2. The van der Waals surface area contributed by atoms with Crippen molar-refractivity contribution < 1.29 is 13.2 Å². The zero-order valence-electron chi connectivity index (χ0n) is 14.0. The molecule has 0 radical (unpaired) electrons. The number of nitrogens with zero attached hydrogens (tertiary/aromatic N) is 1. The van der Waals surface area contributed by atoms with Crippen LogP contribution in [0.2, 0.25) is 0 Å². The summed E-state index contributed by atoms with van der Waals surface area (Å²) in [6, 6.07) is 16.6. The fraction of sp³-hybridized carbons (Fsp3) is 0.333. The number of benzene rings is 2. The topological polar surface area (TPSA) is 72.6 Å². The minimum atomic E-state index is -3.59. The van der Waals surface area contributed by atoms with E-state index in [1.165, 1.54) is 4.31 Å². The number of sulfonamides is 1. The minimum absolute atomic E-state index is 0. The summed E-state index contributed by atoms with van der Waals surface area (Å²) >= 11 is 0. The standard InChI is InChI=1S/C18H22N2O3S.ClH/c1-23-13-15-9-5-6-10-18(15)24(21,22)20-11-16(17(19)12-20)14-7-3-2-4-8-14;/h2-10,16-17H,11-13,19H2,1H3;1H/t16-,17+;/m0./s1. The molecule has 3 rings (SSSR count). The largest absolute Gasteiger partial charge is 0.380 e. The maximum atomic E-state index is 13.1. The van der Waals surface area contributed by atoms with Crippen LogP contribution in [0, 0.1) is 0 Å². The number of halogens is 1. The second-order valence-electron chi connectivity index (χ2n) is 6.04. The Kier molecular flexibility index (Phi) is 6.59. The molecular formula is C18H23ClN2O3S. The highest BCUT2D eigenvalue weighted by Crippen LogP contribution is 2.31. The van der Waals surface area contributed by atoms with Gasteiger partial charge in [0.25, 0.3) is 0 Å². The molecule has 2 aromatic rings. The molecule has 1 heterocycles. The van der Waals surface area contributed by atoms with Gasteiger partial charge in [-0.05, 0) is 17.2 Å². The van der Waals surface area contributed by atoms with Gasteiger partial charge in [0.05, 0.1) is 11.5 Å². The quantitative estimate of drug-likeness (QED) is 0.861. The lowest BCUT2D eigenvalue weighted by atomic mass is 9.95. The number of methoxy groups -OCH3 is 1. The Morgan fingerprint density at radius 3 is 2.40 bits per heavy atom. The second-order valence-corrected chi connectivity index (χ2v) is 7.95. The molecule has 5 nitrogen and oxygen atoms in total. The Balaban J connectivity index is 0.00000225. The van der Waals surface area contributed by atoms with E-state index in [-0.39, 0.29) is 31.0 Å². The van der Waals surface area contributed by atoms with Crippen LogP contribution >= 0.6 is 12.4 Å². The summed E-state index contributed by atoms with van der Waals surface area (Å²) in [4.78, 5) is 0.299. The van der Waals surface area contributed by atoms with E-state index < -0.39 is 10.0 Å². The third-order valence-electron chi connectivity index (χ3n) is 4.45. The van der Waals surface area contributed by atoms with Crippen molar-refractivity contribution in [3.8, 4) is 0 Å². The summed E-state index contributed by atoms with van der Waals surface area (Å²) in [6.45, 7) is 0.982. The first-order chi connectivity index (χ1) is 11.5. The first kappa shape index (κ1) is 19.9.